The lowest BCUT2D eigenvalue weighted by Gasteiger charge is -2.27. The number of nitrogens with one attached hydrogen (secondary N) is 2. The molecule has 1 aromatic carbocycles. The summed E-state index contributed by atoms with van der Waals surface area (Å²) in [5.41, 5.74) is 4.98. The van der Waals surface area contributed by atoms with E-state index in [0.29, 0.717) is 6.04 Å². The summed E-state index contributed by atoms with van der Waals surface area (Å²) < 4.78 is 2.45. The summed E-state index contributed by atoms with van der Waals surface area (Å²) >= 11 is 0. The molecule has 5 rings (SSSR count). The third kappa shape index (κ3) is 5.22. The number of piperazine rings is 1. The van der Waals surface area contributed by atoms with Crippen molar-refractivity contribution in [1.82, 2.24) is 24.8 Å². The van der Waals surface area contributed by atoms with Crippen LogP contribution < -0.4 is 10.6 Å². The van der Waals surface area contributed by atoms with Crippen LogP contribution in [0.2, 0.25) is 0 Å². The molecule has 0 spiro atoms. The minimum absolute atomic E-state index is 0.542. The monoisotopic (exact) mass is 446 g/mol. The molecule has 1 aliphatic heterocycles. The highest BCUT2D eigenvalue weighted by molar-refractivity contribution is 5.94. The maximum absolute atomic E-state index is 4.99. The molecule has 2 fully saturated rings. The van der Waals surface area contributed by atoms with Gasteiger partial charge in [-0.05, 0) is 30.4 Å². The molecule has 1 saturated carbocycles. The summed E-state index contributed by atoms with van der Waals surface area (Å²) in [5.74, 6) is 0.754. The lowest BCUT2D eigenvalue weighted by Crippen LogP contribution is -2.42. The number of aromatic nitrogens is 3. The molecule has 2 aromatic heterocycles. The Balaban J connectivity index is 1.44. The predicted molar refractivity (Wildman–Crippen MR) is 137 cm³/mol. The highest BCUT2D eigenvalue weighted by Gasteiger charge is 2.21. The van der Waals surface area contributed by atoms with E-state index in [1.54, 1.807) is 0 Å². The fourth-order valence-electron chi connectivity index (χ4n) is 5.28. The van der Waals surface area contributed by atoms with Crippen LogP contribution in [-0.2, 0) is 6.54 Å². The van der Waals surface area contributed by atoms with Gasteiger partial charge in [0.05, 0.1) is 0 Å². The van der Waals surface area contributed by atoms with E-state index in [1.165, 1.54) is 55.2 Å². The number of benzene rings is 1. The molecule has 0 unspecified atom stereocenters. The van der Waals surface area contributed by atoms with Gasteiger partial charge in [-0.2, -0.15) is 4.98 Å². The molecule has 1 saturated heterocycles. The summed E-state index contributed by atoms with van der Waals surface area (Å²) in [6.45, 7) is 8.60. The highest BCUT2D eigenvalue weighted by Crippen LogP contribution is 2.36. The van der Waals surface area contributed by atoms with Crippen LogP contribution in [0.25, 0.3) is 22.2 Å². The van der Waals surface area contributed by atoms with Crippen LogP contribution in [0.5, 0.6) is 0 Å². The van der Waals surface area contributed by atoms with Gasteiger partial charge in [-0.15, -0.1) is 0 Å². The van der Waals surface area contributed by atoms with Gasteiger partial charge in [0.1, 0.15) is 5.65 Å². The first-order valence-electron chi connectivity index (χ1n) is 13.0. The summed E-state index contributed by atoms with van der Waals surface area (Å²) in [7, 11) is 0. The molecule has 2 N–H and O–H groups in total. The third-order valence-corrected chi connectivity index (χ3v) is 7.23. The van der Waals surface area contributed by atoms with Crippen molar-refractivity contribution in [2.24, 2.45) is 0 Å². The van der Waals surface area contributed by atoms with Crippen LogP contribution in [-0.4, -0.2) is 52.2 Å². The zero-order valence-electron chi connectivity index (χ0n) is 20.0. The van der Waals surface area contributed by atoms with Gasteiger partial charge >= 0.3 is 0 Å². The van der Waals surface area contributed by atoms with E-state index in [-0.39, 0.29) is 0 Å². The van der Waals surface area contributed by atoms with Gasteiger partial charge in [-0.3, -0.25) is 4.90 Å². The molecule has 6 heteroatoms. The van der Waals surface area contributed by atoms with E-state index >= 15 is 0 Å². The smallest absolute Gasteiger partial charge is 0.224 e. The second kappa shape index (κ2) is 10.7. The molecular weight excluding hydrogens is 408 g/mol. The summed E-state index contributed by atoms with van der Waals surface area (Å²) in [6.07, 6.45) is 13.1. The lowest BCUT2D eigenvalue weighted by atomic mass is 9.95. The van der Waals surface area contributed by atoms with E-state index in [0.717, 1.165) is 62.7 Å². The molecule has 0 radical (unpaired) electrons. The fraction of sp³-hybridized carbons (Fsp3) is 0.556. The van der Waals surface area contributed by atoms with Crippen LogP contribution in [0.1, 0.15) is 63.5 Å². The molecule has 0 atom stereocenters. The van der Waals surface area contributed by atoms with Crippen LogP contribution >= 0.6 is 0 Å². The fourth-order valence-corrected chi connectivity index (χ4v) is 5.28. The SMILES string of the molecule is CCCCNc1ncc2c(-c3ccc(CN4CCNCC4)cc3)cn(C3CCCCC3)c2n1. The van der Waals surface area contributed by atoms with Gasteiger partial charge in [0, 0.05) is 68.7 Å². The van der Waals surface area contributed by atoms with E-state index in [9.17, 15) is 0 Å². The van der Waals surface area contributed by atoms with Crippen molar-refractivity contribution in [3.05, 3.63) is 42.2 Å². The summed E-state index contributed by atoms with van der Waals surface area (Å²) in [6, 6.07) is 9.70. The number of nitrogens with zero attached hydrogens (tertiary/aromatic N) is 4. The normalized spacial score (nSPS) is 18.1. The number of hydrogen-bond acceptors (Lipinski definition) is 5. The Bertz CT molecular complexity index is 1030. The Kier molecular flexibility index (Phi) is 7.22. The number of anilines is 1. The van der Waals surface area contributed by atoms with E-state index in [2.05, 4.69) is 62.5 Å². The van der Waals surface area contributed by atoms with Gasteiger partial charge in [0.2, 0.25) is 5.95 Å². The lowest BCUT2D eigenvalue weighted by molar-refractivity contribution is 0.233. The van der Waals surface area contributed by atoms with Gasteiger partial charge in [-0.1, -0.05) is 56.9 Å². The van der Waals surface area contributed by atoms with Crippen molar-refractivity contribution in [3.63, 3.8) is 0 Å². The maximum atomic E-state index is 4.99. The predicted octanol–water partition coefficient (Wildman–Crippen LogP) is 5.22. The Morgan fingerprint density at radius 2 is 1.85 bits per heavy atom. The average molecular weight is 447 g/mol. The number of rotatable bonds is 8. The third-order valence-electron chi connectivity index (χ3n) is 7.23. The Morgan fingerprint density at radius 1 is 1.06 bits per heavy atom. The van der Waals surface area contributed by atoms with Crippen LogP contribution in [0.4, 0.5) is 5.95 Å². The van der Waals surface area contributed by atoms with Crippen LogP contribution in [0.3, 0.4) is 0 Å². The average Bonchev–Trinajstić information content (AvgIpc) is 3.25. The van der Waals surface area contributed by atoms with Gasteiger partial charge < -0.3 is 15.2 Å². The molecule has 2 aliphatic rings. The first kappa shape index (κ1) is 22.4. The second-order valence-electron chi connectivity index (χ2n) is 9.68. The first-order valence-corrected chi connectivity index (χ1v) is 13.0. The largest absolute Gasteiger partial charge is 0.354 e. The van der Waals surface area contributed by atoms with Crippen molar-refractivity contribution in [2.75, 3.05) is 38.0 Å². The van der Waals surface area contributed by atoms with Crippen molar-refractivity contribution in [1.29, 1.82) is 0 Å². The summed E-state index contributed by atoms with van der Waals surface area (Å²) in [4.78, 5) is 12.2. The second-order valence-corrected chi connectivity index (χ2v) is 9.68. The number of hydrogen-bond donors (Lipinski definition) is 2. The number of fused-ring (bicyclic) bond motifs is 1. The minimum Gasteiger partial charge on any atom is -0.354 e. The van der Waals surface area contributed by atoms with Gasteiger partial charge in [0.25, 0.3) is 0 Å². The zero-order valence-corrected chi connectivity index (χ0v) is 20.0. The molecule has 1 aliphatic carbocycles. The zero-order chi connectivity index (χ0) is 22.5. The van der Waals surface area contributed by atoms with Gasteiger partial charge in [-0.25, -0.2) is 4.98 Å². The van der Waals surface area contributed by atoms with Crippen molar-refractivity contribution >= 4 is 17.0 Å². The Morgan fingerprint density at radius 3 is 2.61 bits per heavy atom. The molecule has 0 amide bonds. The van der Waals surface area contributed by atoms with Crippen LogP contribution in [0, 0.1) is 0 Å². The molecule has 3 aromatic rings. The van der Waals surface area contributed by atoms with E-state index in [4.69, 9.17) is 4.98 Å². The van der Waals surface area contributed by atoms with Crippen molar-refractivity contribution < 1.29 is 0 Å². The molecule has 6 nitrogen and oxygen atoms in total. The van der Waals surface area contributed by atoms with E-state index in [1.807, 2.05) is 6.20 Å². The quantitative estimate of drug-likeness (QED) is 0.465. The Labute approximate surface area is 197 Å². The highest BCUT2D eigenvalue weighted by atomic mass is 15.2. The molecule has 176 valence electrons. The van der Waals surface area contributed by atoms with Gasteiger partial charge in [0.15, 0.2) is 0 Å². The first-order chi connectivity index (χ1) is 16.3. The number of unbranched alkanes of at least 4 members (excludes halogenated alkanes) is 1. The summed E-state index contributed by atoms with van der Waals surface area (Å²) in [5, 5.41) is 8.02. The van der Waals surface area contributed by atoms with Crippen molar-refractivity contribution in [2.45, 2.75) is 64.5 Å². The standard InChI is InChI=1S/C27H38N6/c1-2-3-13-29-27-30-18-24-25(20-33(26(24)31-27)23-7-5-4-6-8-23)22-11-9-21(10-12-22)19-32-16-14-28-15-17-32/h9-12,18,20,23,28H,2-8,13-17,19H2,1H3,(H,29,30,31). The molecule has 33 heavy (non-hydrogen) atoms. The molecule has 0 bridgehead atoms. The van der Waals surface area contributed by atoms with E-state index < -0.39 is 0 Å². The topological polar surface area (TPSA) is 58.0 Å². The Hall–Kier alpha value is -2.44. The van der Waals surface area contributed by atoms with Crippen molar-refractivity contribution in [3.8, 4) is 11.1 Å². The molecule has 3 heterocycles. The van der Waals surface area contributed by atoms with Crippen LogP contribution in [0.15, 0.2) is 36.7 Å². The maximum Gasteiger partial charge on any atom is 0.224 e. The molecular formula is C27H38N6. The minimum atomic E-state index is 0.542.